The molecule has 0 aliphatic rings. The van der Waals surface area contributed by atoms with Crippen LogP contribution in [0.4, 0.5) is 3.89 Å². The molecule has 16 heavy (non-hydrogen) atoms. The van der Waals surface area contributed by atoms with Gasteiger partial charge in [0.1, 0.15) is 0 Å². The second-order valence-electron chi connectivity index (χ2n) is 4.95. The van der Waals surface area contributed by atoms with E-state index < -0.39 is 21.4 Å². The van der Waals surface area contributed by atoms with Gasteiger partial charge in [0.15, 0.2) is 0 Å². The highest BCUT2D eigenvalue weighted by Gasteiger charge is 2.26. The molecule has 0 aromatic heterocycles. The van der Waals surface area contributed by atoms with Gasteiger partial charge in [-0.2, -0.15) is 8.42 Å². The van der Waals surface area contributed by atoms with E-state index in [1.807, 2.05) is 31.2 Å². The molecule has 0 aliphatic heterocycles. The maximum absolute atomic E-state index is 12.7. The summed E-state index contributed by atoms with van der Waals surface area (Å²) in [7, 11) is -4.41. The quantitative estimate of drug-likeness (QED) is 0.763. The van der Waals surface area contributed by atoms with Gasteiger partial charge in [0.25, 0.3) is 0 Å². The van der Waals surface area contributed by atoms with Gasteiger partial charge < -0.3 is 0 Å². The Morgan fingerprint density at radius 3 is 2.31 bits per heavy atom. The standard InChI is InChI=1S/C12H17FO2S/c1-10-6-4-5-7-11(10)8-12(2,3)9-16(13,14)15/h4-7H,8-9H2,1-3H3. The number of hydrogen-bond donors (Lipinski definition) is 0. The fraction of sp³-hybridized carbons (Fsp3) is 0.500. The second kappa shape index (κ2) is 4.53. The van der Waals surface area contributed by atoms with Gasteiger partial charge in [0.2, 0.25) is 0 Å². The molecule has 4 heteroatoms. The van der Waals surface area contributed by atoms with Gasteiger partial charge in [-0.3, -0.25) is 0 Å². The van der Waals surface area contributed by atoms with Crippen molar-refractivity contribution in [1.82, 2.24) is 0 Å². The molecule has 0 unspecified atom stereocenters. The smallest absolute Gasteiger partial charge is 0.195 e. The molecular weight excluding hydrogens is 227 g/mol. The minimum atomic E-state index is -4.41. The van der Waals surface area contributed by atoms with Crippen molar-refractivity contribution in [3.8, 4) is 0 Å². The van der Waals surface area contributed by atoms with Crippen molar-refractivity contribution in [2.24, 2.45) is 5.41 Å². The Bertz CT molecular complexity index is 464. The first-order valence-electron chi connectivity index (χ1n) is 5.16. The van der Waals surface area contributed by atoms with Gasteiger partial charge in [-0.05, 0) is 29.9 Å². The average Bonchev–Trinajstić information content (AvgIpc) is 2.04. The lowest BCUT2D eigenvalue weighted by Gasteiger charge is -2.23. The van der Waals surface area contributed by atoms with Crippen LogP contribution in [0.5, 0.6) is 0 Å². The van der Waals surface area contributed by atoms with Crippen molar-refractivity contribution >= 4 is 10.2 Å². The zero-order chi connectivity index (χ0) is 12.4. The molecule has 0 heterocycles. The Kier molecular flexibility index (Phi) is 3.73. The summed E-state index contributed by atoms with van der Waals surface area (Å²) in [6, 6.07) is 7.75. The van der Waals surface area contributed by atoms with E-state index in [0.717, 1.165) is 11.1 Å². The summed E-state index contributed by atoms with van der Waals surface area (Å²) in [6.45, 7) is 5.49. The molecule has 1 aromatic carbocycles. The molecule has 0 saturated heterocycles. The highest BCUT2D eigenvalue weighted by molar-refractivity contribution is 7.86. The highest BCUT2D eigenvalue weighted by atomic mass is 32.3. The van der Waals surface area contributed by atoms with Crippen LogP contribution in [0.2, 0.25) is 0 Å². The topological polar surface area (TPSA) is 34.1 Å². The van der Waals surface area contributed by atoms with E-state index >= 15 is 0 Å². The van der Waals surface area contributed by atoms with Gasteiger partial charge in [-0.25, -0.2) is 0 Å². The predicted octanol–water partition coefficient (Wildman–Crippen LogP) is 2.86. The summed E-state index contributed by atoms with van der Waals surface area (Å²) in [5, 5.41) is 0. The predicted molar refractivity (Wildman–Crippen MR) is 63.6 cm³/mol. The van der Waals surface area contributed by atoms with Crippen LogP contribution < -0.4 is 0 Å². The Labute approximate surface area is 96.7 Å². The fourth-order valence-corrected chi connectivity index (χ4v) is 2.88. The molecule has 0 N–H and O–H groups in total. The Morgan fingerprint density at radius 2 is 1.81 bits per heavy atom. The van der Waals surface area contributed by atoms with Crippen molar-refractivity contribution < 1.29 is 12.3 Å². The van der Waals surface area contributed by atoms with Gasteiger partial charge in [-0.1, -0.05) is 38.1 Å². The summed E-state index contributed by atoms with van der Waals surface area (Å²) in [5.74, 6) is -0.436. The number of rotatable bonds is 4. The van der Waals surface area contributed by atoms with Crippen LogP contribution in [0, 0.1) is 12.3 Å². The highest BCUT2D eigenvalue weighted by Crippen LogP contribution is 2.25. The lowest BCUT2D eigenvalue weighted by atomic mass is 9.86. The molecule has 0 fully saturated rings. The molecule has 1 aromatic rings. The van der Waals surface area contributed by atoms with E-state index in [1.165, 1.54) is 0 Å². The molecule has 0 aliphatic carbocycles. The van der Waals surface area contributed by atoms with Crippen LogP contribution in [0.15, 0.2) is 24.3 Å². The first kappa shape index (κ1) is 13.2. The Morgan fingerprint density at radius 1 is 1.25 bits per heavy atom. The van der Waals surface area contributed by atoms with Crippen molar-refractivity contribution in [3.63, 3.8) is 0 Å². The SMILES string of the molecule is Cc1ccccc1CC(C)(C)CS(=O)(=O)F. The maximum atomic E-state index is 12.7. The minimum absolute atomic E-state index is 0.436. The lowest BCUT2D eigenvalue weighted by molar-refractivity contribution is 0.400. The van der Waals surface area contributed by atoms with Crippen molar-refractivity contribution in [1.29, 1.82) is 0 Å². The van der Waals surface area contributed by atoms with E-state index in [0.29, 0.717) is 6.42 Å². The largest absolute Gasteiger partial charge is 0.302 e. The zero-order valence-corrected chi connectivity index (χ0v) is 10.6. The molecule has 0 spiro atoms. The molecule has 0 atom stereocenters. The molecule has 2 nitrogen and oxygen atoms in total. The summed E-state index contributed by atoms with van der Waals surface area (Å²) >= 11 is 0. The average molecular weight is 244 g/mol. The maximum Gasteiger partial charge on any atom is 0.302 e. The third-order valence-electron chi connectivity index (χ3n) is 2.49. The van der Waals surface area contributed by atoms with Gasteiger partial charge in [0.05, 0.1) is 5.75 Å². The van der Waals surface area contributed by atoms with Crippen LogP contribution in [0.1, 0.15) is 25.0 Å². The Hall–Kier alpha value is -0.900. The monoisotopic (exact) mass is 244 g/mol. The third-order valence-corrected chi connectivity index (χ3v) is 3.62. The zero-order valence-electron chi connectivity index (χ0n) is 9.83. The van der Waals surface area contributed by atoms with Crippen LogP contribution in [-0.2, 0) is 16.6 Å². The summed E-state index contributed by atoms with van der Waals surface area (Å²) < 4.78 is 34.0. The van der Waals surface area contributed by atoms with Gasteiger partial charge in [-0.15, -0.1) is 3.89 Å². The van der Waals surface area contributed by atoms with Gasteiger partial charge >= 0.3 is 10.2 Å². The molecule has 0 bridgehead atoms. The molecular formula is C12H17FO2S. The minimum Gasteiger partial charge on any atom is -0.195 e. The van der Waals surface area contributed by atoms with Crippen LogP contribution in [-0.4, -0.2) is 14.2 Å². The molecule has 0 amide bonds. The molecule has 0 saturated carbocycles. The second-order valence-corrected chi connectivity index (χ2v) is 6.32. The molecule has 0 radical (unpaired) electrons. The summed E-state index contributed by atoms with van der Waals surface area (Å²) in [6.07, 6.45) is 0.558. The van der Waals surface area contributed by atoms with Crippen molar-refractivity contribution in [2.75, 3.05) is 5.75 Å². The number of hydrogen-bond acceptors (Lipinski definition) is 2. The van der Waals surface area contributed by atoms with Crippen LogP contribution >= 0.6 is 0 Å². The van der Waals surface area contributed by atoms with E-state index in [2.05, 4.69) is 0 Å². The van der Waals surface area contributed by atoms with E-state index in [9.17, 15) is 12.3 Å². The van der Waals surface area contributed by atoms with Gasteiger partial charge in [0, 0.05) is 0 Å². The third kappa shape index (κ3) is 4.31. The van der Waals surface area contributed by atoms with E-state index in [1.54, 1.807) is 13.8 Å². The number of aryl methyl sites for hydroxylation is 1. The molecule has 90 valence electrons. The van der Waals surface area contributed by atoms with Crippen LogP contribution in [0.25, 0.3) is 0 Å². The van der Waals surface area contributed by atoms with Crippen molar-refractivity contribution in [2.45, 2.75) is 27.2 Å². The van der Waals surface area contributed by atoms with E-state index in [4.69, 9.17) is 0 Å². The lowest BCUT2D eigenvalue weighted by Crippen LogP contribution is -2.24. The Balaban J connectivity index is 2.85. The summed E-state index contributed by atoms with van der Waals surface area (Å²) in [5.41, 5.74) is 1.59. The molecule has 1 rings (SSSR count). The first-order valence-corrected chi connectivity index (χ1v) is 6.72. The van der Waals surface area contributed by atoms with Crippen LogP contribution in [0.3, 0.4) is 0 Å². The normalized spacial score (nSPS) is 12.8. The number of halogens is 1. The number of benzene rings is 1. The summed E-state index contributed by atoms with van der Waals surface area (Å²) in [4.78, 5) is 0. The van der Waals surface area contributed by atoms with Crippen molar-refractivity contribution in [3.05, 3.63) is 35.4 Å². The first-order chi connectivity index (χ1) is 7.20. The fourth-order valence-electron chi connectivity index (χ4n) is 1.84. The van der Waals surface area contributed by atoms with E-state index in [-0.39, 0.29) is 0 Å².